The van der Waals surface area contributed by atoms with Gasteiger partial charge in [0.05, 0.1) is 11.6 Å². The molecule has 1 aromatic carbocycles. The Morgan fingerprint density at radius 3 is 2.52 bits per heavy atom. The first kappa shape index (κ1) is 19.3. The van der Waals surface area contributed by atoms with Gasteiger partial charge >= 0.3 is 5.97 Å². The van der Waals surface area contributed by atoms with Crippen molar-refractivity contribution in [3.05, 3.63) is 35.9 Å². The Kier molecular flexibility index (Phi) is 7.88. The Hall–Kier alpha value is -1.76. The number of ether oxygens (including phenoxy) is 1. The van der Waals surface area contributed by atoms with E-state index in [0.29, 0.717) is 13.1 Å². The largest absolute Gasteiger partial charge is 0.461 e. The summed E-state index contributed by atoms with van der Waals surface area (Å²) in [5.41, 5.74) is 11.5. The van der Waals surface area contributed by atoms with E-state index >= 15 is 0 Å². The summed E-state index contributed by atoms with van der Waals surface area (Å²) in [7, 11) is 0. The minimum atomic E-state index is -0.757. The van der Waals surface area contributed by atoms with Gasteiger partial charge in [-0.15, -0.1) is 0 Å². The van der Waals surface area contributed by atoms with Gasteiger partial charge in [0.1, 0.15) is 6.61 Å². The number of carbonyl (C=O) groups is 2. The van der Waals surface area contributed by atoms with Crippen LogP contribution in [0.3, 0.4) is 0 Å². The van der Waals surface area contributed by atoms with Crippen LogP contribution in [0.5, 0.6) is 0 Å². The van der Waals surface area contributed by atoms with Crippen LogP contribution >= 0.6 is 0 Å². The number of esters is 1. The van der Waals surface area contributed by atoms with Gasteiger partial charge in [-0.2, -0.15) is 0 Å². The van der Waals surface area contributed by atoms with Crippen LogP contribution in [0, 0.1) is 0 Å². The molecule has 0 saturated heterocycles. The lowest BCUT2D eigenvalue weighted by Crippen LogP contribution is -2.54. The SMILES string of the molecule is CC(C)(NCCN)C(=O)C(N)CCC(=O)OCc1ccccc1. The normalized spacial score (nSPS) is 12.7. The molecule has 1 aromatic rings. The van der Waals surface area contributed by atoms with Crippen molar-refractivity contribution in [2.45, 2.75) is 44.9 Å². The van der Waals surface area contributed by atoms with E-state index in [1.807, 2.05) is 30.3 Å². The molecule has 6 nitrogen and oxygen atoms in total. The molecule has 0 saturated carbocycles. The fraction of sp³-hybridized carbons (Fsp3) is 0.529. The fourth-order valence-electron chi connectivity index (χ4n) is 2.15. The third-order valence-corrected chi connectivity index (χ3v) is 3.57. The van der Waals surface area contributed by atoms with Crippen molar-refractivity contribution in [3.8, 4) is 0 Å². The standard InChI is InChI=1S/C17H27N3O3/c1-17(2,20-11-10-18)16(22)14(19)8-9-15(21)23-12-13-6-4-3-5-7-13/h3-7,14,20H,8-12,18-19H2,1-2H3. The van der Waals surface area contributed by atoms with Crippen LogP contribution in [0.4, 0.5) is 0 Å². The Labute approximate surface area is 137 Å². The van der Waals surface area contributed by atoms with E-state index in [1.54, 1.807) is 13.8 Å². The van der Waals surface area contributed by atoms with Gasteiger partial charge in [0.25, 0.3) is 0 Å². The van der Waals surface area contributed by atoms with Crippen LogP contribution in [0.25, 0.3) is 0 Å². The smallest absolute Gasteiger partial charge is 0.306 e. The van der Waals surface area contributed by atoms with Crippen molar-refractivity contribution < 1.29 is 14.3 Å². The van der Waals surface area contributed by atoms with E-state index in [1.165, 1.54) is 0 Å². The average molecular weight is 321 g/mol. The van der Waals surface area contributed by atoms with Gasteiger partial charge < -0.3 is 21.5 Å². The van der Waals surface area contributed by atoms with Gasteiger partial charge in [-0.3, -0.25) is 9.59 Å². The van der Waals surface area contributed by atoms with Crippen LogP contribution in [0.15, 0.2) is 30.3 Å². The maximum absolute atomic E-state index is 12.3. The van der Waals surface area contributed by atoms with E-state index in [-0.39, 0.29) is 31.2 Å². The first-order valence-corrected chi connectivity index (χ1v) is 7.81. The lowest BCUT2D eigenvalue weighted by atomic mass is 9.91. The van der Waals surface area contributed by atoms with E-state index in [2.05, 4.69) is 5.32 Å². The van der Waals surface area contributed by atoms with Crippen molar-refractivity contribution in [2.75, 3.05) is 13.1 Å². The highest BCUT2D eigenvalue weighted by Gasteiger charge is 2.31. The Balaban J connectivity index is 2.35. The summed E-state index contributed by atoms with van der Waals surface area (Å²) in [5, 5.41) is 3.05. The number of Topliss-reactive ketones (excluding diaryl/α,β-unsaturated/α-hetero) is 1. The Morgan fingerprint density at radius 2 is 1.91 bits per heavy atom. The number of hydrogen-bond acceptors (Lipinski definition) is 6. The molecule has 0 aliphatic heterocycles. The Bertz CT molecular complexity index is 503. The second kappa shape index (κ2) is 9.39. The van der Waals surface area contributed by atoms with E-state index in [9.17, 15) is 9.59 Å². The molecule has 0 bridgehead atoms. The summed E-state index contributed by atoms with van der Waals surface area (Å²) >= 11 is 0. The number of carbonyl (C=O) groups excluding carboxylic acids is 2. The molecule has 0 spiro atoms. The molecule has 1 atom stereocenters. The van der Waals surface area contributed by atoms with Gasteiger partial charge in [-0.05, 0) is 25.8 Å². The second-order valence-electron chi connectivity index (χ2n) is 6.00. The minimum Gasteiger partial charge on any atom is -0.461 e. The third kappa shape index (κ3) is 6.90. The first-order chi connectivity index (χ1) is 10.9. The van der Waals surface area contributed by atoms with Crippen molar-refractivity contribution in [1.82, 2.24) is 5.32 Å². The zero-order valence-electron chi connectivity index (χ0n) is 13.9. The highest BCUT2D eigenvalue weighted by atomic mass is 16.5. The van der Waals surface area contributed by atoms with Crippen LogP contribution in [-0.2, 0) is 20.9 Å². The first-order valence-electron chi connectivity index (χ1n) is 7.81. The molecular weight excluding hydrogens is 294 g/mol. The number of hydrogen-bond donors (Lipinski definition) is 3. The van der Waals surface area contributed by atoms with E-state index in [4.69, 9.17) is 16.2 Å². The molecule has 0 radical (unpaired) electrons. The summed E-state index contributed by atoms with van der Waals surface area (Å²) in [6.07, 6.45) is 0.382. The fourth-order valence-corrected chi connectivity index (χ4v) is 2.15. The maximum Gasteiger partial charge on any atom is 0.306 e. The highest BCUT2D eigenvalue weighted by molar-refractivity contribution is 5.92. The van der Waals surface area contributed by atoms with Crippen LogP contribution in [0.1, 0.15) is 32.3 Å². The van der Waals surface area contributed by atoms with E-state index < -0.39 is 11.6 Å². The number of nitrogens with two attached hydrogens (primary N) is 2. The average Bonchev–Trinajstić information content (AvgIpc) is 2.56. The molecule has 5 N–H and O–H groups in total. The summed E-state index contributed by atoms with van der Waals surface area (Å²) in [5.74, 6) is -0.494. The molecule has 0 amide bonds. The molecule has 0 aliphatic rings. The van der Waals surface area contributed by atoms with Gasteiger partial charge in [-0.25, -0.2) is 0 Å². The van der Waals surface area contributed by atoms with Gasteiger partial charge in [-0.1, -0.05) is 30.3 Å². The number of benzene rings is 1. The van der Waals surface area contributed by atoms with Crippen molar-refractivity contribution in [1.29, 1.82) is 0 Å². The van der Waals surface area contributed by atoms with Gasteiger partial charge in [0.15, 0.2) is 5.78 Å². The van der Waals surface area contributed by atoms with Gasteiger partial charge in [0, 0.05) is 19.5 Å². The van der Waals surface area contributed by atoms with Crippen molar-refractivity contribution in [2.24, 2.45) is 11.5 Å². The second-order valence-corrected chi connectivity index (χ2v) is 6.00. The summed E-state index contributed by atoms with van der Waals surface area (Å²) < 4.78 is 5.17. The monoisotopic (exact) mass is 321 g/mol. The Morgan fingerprint density at radius 1 is 1.26 bits per heavy atom. The quantitative estimate of drug-likeness (QED) is 0.549. The predicted octanol–water partition coefficient (Wildman–Crippen LogP) is 0.733. The number of nitrogens with one attached hydrogen (secondary N) is 1. The summed E-state index contributed by atoms with van der Waals surface area (Å²) in [6, 6.07) is 8.72. The zero-order valence-corrected chi connectivity index (χ0v) is 13.9. The van der Waals surface area contributed by atoms with Gasteiger partial charge in [0.2, 0.25) is 0 Å². The molecule has 128 valence electrons. The lowest BCUT2D eigenvalue weighted by Gasteiger charge is -2.27. The van der Waals surface area contributed by atoms with E-state index in [0.717, 1.165) is 5.56 Å². The molecule has 0 fully saturated rings. The number of ketones is 1. The molecule has 0 aliphatic carbocycles. The van der Waals surface area contributed by atoms with Crippen molar-refractivity contribution in [3.63, 3.8) is 0 Å². The number of rotatable bonds is 10. The van der Waals surface area contributed by atoms with Crippen LogP contribution in [-0.4, -0.2) is 36.4 Å². The molecule has 1 unspecified atom stereocenters. The molecule has 0 aromatic heterocycles. The molecular formula is C17H27N3O3. The predicted molar refractivity (Wildman–Crippen MR) is 89.6 cm³/mol. The molecule has 6 heteroatoms. The molecule has 1 rings (SSSR count). The van der Waals surface area contributed by atoms with Crippen molar-refractivity contribution >= 4 is 11.8 Å². The molecule has 0 heterocycles. The summed E-state index contributed by atoms with van der Waals surface area (Å²) in [4.78, 5) is 24.0. The molecule has 23 heavy (non-hydrogen) atoms. The van der Waals surface area contributed by atoms with Crippen LogP contribution < -0.4 is 16.8 Å². The highest BCUT2D eigenvalue weighted by Crippen LogP contribution is 2.10. The minimum absolute atomic E-state index is 0.118. The zero-order chi connectivity index (χ0) is 17.3. The van der Waals surface area contributed by atoms with Crippen LogP contribution in [0.2, 0.25) is 0 Å². The summed E-state index contributed by atoms with van der Waals surface area (Å²) in [6.45, 7) is 4.73. The lowest BCUT2D eigenvalue weighted by molar-refractivity contribution is -0.145. The third-order valence-electron chi connectivity index (χ3n) is 3.57. The maximum atomic E-state index is 12.3. The topological polar surface area (TPSA) is 107 Å².